The van der Waals surface area contributed by atoms with Crippen molar-refractivity contribution in [3.63, 3.8) is 0 Å². The predicted molar refractivity (Wildman–Crippen MR) is 50.6 cm³/mol. The van der Waals surface area contributed by atoms with Crippen LogP contribution in [0.15, 0.2) is 0 Å². The quantitative estimate of drug-likeness (QED) is 0.671. The van der Waals surface area contributed by atoms with Gasteiger partial charge in [-0.05, 0) is 34.2 Å². The van der Waals surface area contributed by atoms with Gasteiger partial charge in [-0.3, -0.25) is 4.90 Å². The summed E-state index contributed by atoms with van der Waals surface area (Å²) in [7, 11) is 2.14. The Labute approximate surface area is 70.8 Å². The molecule has 0 bridgehead atoms. The molecule has 2 nitrogen and oxygen atoms in total. The summed E-state index contributed by atoms with van der Waals surface area (Å²) in [4.78, 5) is 2.34. The van der Waals surface area contributed by atoms with Gasteiger partial charge in [-0.2, -0.15) is 0 Å². The molecule has 1 unspecified atom stereocenters. The van der Waals surface area contributed by atoms with E-state index in [1.807, 2.05) is 0 Å². The van der Waals surface area contributed by atoms with Crippen LogP contribution in [-0.4, -0.2) is 30.1 Å². The Morgan fingerprint density at radius 1 is 1.45 bits per heavy atom. The van der Waals surface area contributed by atoms with Crippen molar-refractivity contribution in [2.75, 3.05) is 13.6 Å². The molecule has 0 aliphatic carbocycles. The average Bonchev–Trinajstić information content (AvgIpc) is 2.01. The zero-order valence-corrected chi connectivity index (χ0v) is 8.52. The van der Waals surface area contributed by atoms with Crippen LogP contribution in [-0.2, 0) is 0 Å². The second-order valence-electron chi connectivity index (χ2n) is 3.76. The Bertz CT molecular complexity index is 106. The van der Waals surface area contributed by atoms with Crippen LogP contribution in [0.4, 0.5) is 0 Å². The fourth-order valence-corrected chi connectivity index (χ4v) is 1.16. The van der Waals surface area contributed by atoms with Crippen molar-refractivity contribution in [1.29, 1.82) is 0 Å². The van der Waals surface area contributed by atoms with Gasteiger partial charge >= 0.3 is 0 Å². The fraction of sp³-hybridized carbons (Fsp3) is 1.00. The number of likely N-dealkylation sites (N-methyl/N-ethyl adjacent to an activating group) is 1. The second-order valence-corrected chi connectivity index (χ2v) is 3.76. The van der Waals surface area contributed by atoms with Crippen molar-refractivity contribution in [3.8, 4) is 0 Å². The minimum Gasteiger partial charge on any atom is -0.329 e. The van der Waals surface area contributed by atoms with Gasteiger partial charge in [-0.25, -0.2) is 0 Å². The van der Waals surface area contributed by atoms with Crippen LogP contribution in [0.1, 0.15) is 34.1 Å². The van der Waals surface area contributed by atoms with E-state index in [4.69, 9.17) is 5.73 Å². The van der Waals surface area contributed by atoms with E-state index in [1.165, 1.54) is 0 Å². The lowest BCUT2D eigenvalue weighted by atomic mass is 9.96. The molecule has 0 aliphatic rings. The van der Waals surface area contributed by atoms with E-state index in [-0.39, 0.29) is 5.54 Å². The van der Waals surface area contributed by atoms with E-state index in [0.717, 1.165) is 13.0 Å². The van der Waals surface area contributed by atoms with Gasteiger partial charge in [-0.15, -0.1) is 0 Å². The molecule has 0 rings (SSSR count). The standard InChI is InChI=1S/C9H22N2/c1-6-9(4,7-10)11(5)8(2)3/h8H,6-7,10H2,1-5H3. The molecule has 1 atom stereocenters. The number of rotatable bonds is 4. The molecule has 0 aliphatic heterocycles. The van der Waals surface area contributed by atoms with E-state index in [1.54, 1.807) is 0 Å². The third kappa shape index (κ3) is 2.46. The molecule has 0 fully saturated rings. The highest BCUT2D eigenvalue weighted by Gasteiger charge is 2.26. The monoisotopic (exact) mass is 158 g/mol. The topological polar surface area (TPSA) is 29.3 Å². The minimum absolute atomic E-state index is 0.175. The summed E-state index contributed by atoms with van der Waals surface area (Å²) in [6.45, 7) is 9.53. The van der Waals surface area contributed by atoms with E-state index >= 15 is 0 Å². The average molecular weight is 158 g/mol. The molecule has 0 amide bonds. The highest BCUT2D eigenvalue weighted by atomic mass is 15.2. The lowest BCUT2D eigenvalue weighted by Gasteiger charge is -2.40. The summed E-state index contributed by atoms with van der Waals surface area (Å²) in [5.74, 6) is 0. The van der Waals surface area contributed by atoms with Crippen LogP contribution < -0.4 is 5.73 Å². The number of nitrogens with zero attached hydrogens (tertiary/aromatic N) is 1. The summed E-state index contributed by atoms with van der Waals surface area (Å²) >= 11 is 0. The predicted octanol–water partition coefficient (Wildman–Crippen LogP) is 1.45. The van der Waals surface area contributed by atoms with Crippen molar-refractivity contribution >= 4 is 0 Å². The largest absolute Gasteiger partial charge is 0.329 e. The molecule has 2 N–H and O–H groups in total. The third-order valence-electron chi connectivity index (χ3n) is 2.83. The summed E-state index contributed by atoms with van der Waals surface area (Å²) in [5, 5.41) is 0. The van der Waals surface area contributed by atoms with Crippen molar-refractivity contribution in [3.05, 3.63) is 0 Å². The first-order chi connectivity index (χ1) is 4.98. The van der Waals surface area contributed by atoms with Gasteiger partial charge in [0.15, 0.2) is 0 Å². The normalized spacial score (nSPS) is 17.5. The van der Waals surface area contributed by atoms with E-state index in [9.17, 15) is 0 Å². The Balaban J connectivity index is 4.24. The van der Waals surface area contributed by atoms with Crippen LogP contribution >= 0.6 is 0 Å². The molecule has 0 aromatic rings. The summed E-state index contributed by atoms with van der Waals surface area (Å²) < 4.78 is 0. The van der Waals surface area contributed by atoms with Gasteiger partial charge in [0.2, 0.25) is 0 Å². The Hall–Kier alpha value is -0.0800. The van der Waals surface area contributed by atoms with Gasteiger partial charge in [0.1, 0.15) is 0 Å². The highest BCUT2D eigenvalue weighted by molar-refractivity contribution is 4.85. The van der Waals surface area contributed by atoms with Crippen molar-refractivity contribution in [2.45, 2.75) is 45.7 Å². The lowest BCUT2D eigenvalue weighted by molar-refractivity contribution is 0.105. The molecule has 68 valence electrons. The second kappa shape index (κ2) is 4.07. The van der Waals surface area contributed by atoms with Crippen molar-refractivity contribution in [2.24, 2.45) is 5.73 Å². The highest BCUT2D eigenvalue weighted by Crippen LogP contribution is 2.18. The zero-order chi connectivity index (χ0) is 9.07. The minimum atomic E-state index is 0.175. The third-order valence-corrected chi connectivity index (χ3v) is 2.83. The Morgan fingerprint density at radius 2 is 1.91 bits per heavy atom. The smallest absolute Gasteiger partial charge is 0.0300 e. The van der Waals surface area contributed by atoms with E-state index < -0.39 is 0 Å². The SMILES string of the molecule is CCC(C)(CN)N(C)C(C)C. The first-order valence-corrected chi connectivity index (χ1v) is 4.41. The van der Waals surface area contributed by atoms with Crippen LogP contribution in [0.5, 0.6) is 0 Å². The molecular formula is C9H22N2. The molecule has 0 radical (unpaired) electrons. The molecule has 11 heavy (non-hydrogen) atoms. The summed E-state index contributed by atoms with van der Waals surface area (Å²) in [5.41, 5.74) is 5.89. The number of nitrogens with two attached hydrogens (primary N) is 1. The van der Waals surface area contributed by atoms with Gasteiger partial charge < -0.3 is 5.73 Å². The van der Waals surface area contributed by atoms with Gasteiger partial charge in [0.05, 0.1) is 0 Å². The summed E-state index contributed by atoms with van der Waals surface area (Å²) in [6.07, 6.45) is 1.11. The first kappa shape index (κ1) is 10.9. The Morgan fingerprint density at radius 3 is 2.00 bits per heavy atom. The number of hydrogen-bond donors (Lipinski definition) is 1. The fourth-order valence-electron chi connectivity index (χ4n) is 1.16. The number of hydrogen-bond acceptors (Lipinski definition) is 2. The van der Waals surface area contributed by atoms with Gasteiger partial charge in [-0.1, -0.05) is 6.92 Å². The molecule has 0 saturated carbocycles. The maximum atomic E-state index is 5.71. The van der Waals surface area contributed by atoms with Gasteiger partial charge in [0.25, 0.3) is 0 Å². The van der Waals surface area contributed by atoms with Crippen molar-refractivity contribution in [1.82, 2.24) is 4.90 Å². The maximum Gasteiger partial charge on any atom is 0.0300 e. The molecular weight excluding hydrogens is 136 g/mol. The van der Waals surface area contributed by atoms with Crippen molar-refractivity contribution < 1.29 is 0 Å². The maximum absolute atomic E-state index is 5.71. The van der Waals surface area contributed by atoms with Gasteiger partial charge in [0, 0.05) is 18.1 Å². The molecule has 0 saturated heterocycles. The van der Waals surface area contributed by atoms with Crippen LogP contribution in [0, 0.1) is 0 Å². The molecule has 2 heteroatoms. The molecule has 0 aromatic heterocycles. The van der Waals surface area contributed by atoms with E-state index in [2.05, 4.69) is 39.6 Å². The lowest BCUT2D eigenvalue weighted by Crippen LogP contribution is -2.52. The van der Waals surface area contributed by atoms with Crippen LogP contribution in [0.3, 0.4) is 0 Å². The first-order valence-electron chi connectivity index (χ1n) is 4.41. The molecule has 0 spiro atoms. The molecule has 0 aromatic carbocycles. The van der Waals surface area contributed by atoms with E-state index in [0.29, 0.717) is 6.04 Å². The van der Waals surface area contributed by atoms with Crippen LogP contribution in [0.2, 0.25) is 0 Å². The van der Waals surface area contributed by atoms with Crippen LogP contribution in [0.25, 0.3) is 0 Å². The molecule has 0 heterocycles. The Kier molecular flexibility index (Phi) is 4.04. The zero-order valence-electron chi connectivity index (χ0n) is 8.52. The summed E-state index contributed by atoms with van der Waals surface area (Å²) in [6, 6.07) is 0.573.